The number of hydrogen-bond acceptors (Lipinski definition) is 3. The first kappa shape index (κ1) is 20.5. The number of dihydropyridines is 1. The summed E-state index contributed by atoms with van der Waals surface area (Å²) < 4.78 is 4.87. The van der Waals surface area contributed by atoms with E-state index in [1.165, 1.54) is 28.7 Å². The molecule has 1 aliphatic carbocycles. The van der Waals surface area contributed by atoms with Crippen molar-refractivity contribution < 1.29 is 9.53 Å². The molecule has 2 heterocycles. The quantitative estimate of drug-likeness (QED) is 0.691. The summed E-state index contributed by atoms with van der Waals surface area (Å²) in [5, 5.41) is 4.23. The summed E-state index contributed by atoms with van der Waals surface area (Å²) in [6.45, 7) is 6.23. The van der Waals surface area contributed by atoms with Crippen molar-refractivity contribution in [1.82, 2.24) is 10.2 Å². The molecule has 1 saturated heterocycles. The third kappa shape index (κ3) is 5.20. The molecule has 150 valence electrons. The minimum absolute atomic E-state index is 0.146. The maximum absolute atomic E-state index is 11.1. The van der Waals surface area contributed by atoms with Gasteiger partial charge in [-0.05, 0) is 86.2 Å². The van der Waals surface area contributed by atoms with Crippen molar-refractivity contribution >= 4 is 23.8 Å². The van der Waals surface area contributed by atoms with Gasteiger partial charge in [0.15, 0.2) is 0 Å². The number of carbonyl (C=O) groups is 1. The summed E-state index contributed by atoms with van der Waals surface area (Å²) in [5.74, 6) is 0. The highest BCUT2D eigenvalue weighted by Crippen LogP contribution is 2.30. The molecule has 4 rings (SSSR count). The second kappa shape index (κ2) is 9.83. The van der Waals surface area contributed by atoms with E-state index in [-0.39, 0.29) is 6.09 Å². The Morgan fingerprint density at radius 3 is 2.82 bits per heavy atom. The van der Waals surface area contributed by atoms with Gasteiger partial charge in [-0.25, -0.2) is 4.79 Å². The largest absolute Gasteiger partial charge is 0.450 e. The predicted octanol–water partition coefficient (Wildman–Crippen LogP) is 5.34. The second-order valence-electron chi connectivity index (χ2n) is 7.32. The lowest BCUT2D eigenvalue weighted by Crippen LogP contribution is -2.35. The van der Waals surface area contributed by atoms with Crippen molar-refractivity contribution in [3.05, 3.63) is 63.8 Å². The number of fused-ring (bicyclic) bond motifs is 2. The molecule has 2 aliphatic heterocycles. The molecule has 0 radical (unpaired) electrons. The summed E-state index contributed by atoms with van der Waals surface area (Å²) in [7, 11) is 0. The van der Waals surface area contributed by atoms with Crippen molar-refractivity contribution in [2.45, 2.75) is 45.6 Å². The minimum Gasteiger partial charge on any atom is -0.450 e. The molecule has 1 atom stereocenters. The van der Waals surface area contributed by atoms with Gasteiger partial charge in [-0.2, -0.15) is 0 Å². The molecule has 1 amide bonds. The standard InChI is InChI=1S/C15H14ClN.C8H15NO2/c1-10-7-12-8-13(16)5-4-11(12)9-15-14(10)3-2-6-17-15;1-2-11-8(10)9-6-4-3-5-7-9/h2-8,15,17H,9H2,1H3;2-7H2,1H3. The molecule has 1 N–H and O–H groups in total. The van der Waals surface area contributed by atoms with Crippen molar-refractivity contribution in [3.8, 4) is 0 Å². The zero-order chi connectivity index (χ0) is 19.9. The number of nitrogens with one attached hydrogen (secondary N) is 1. The van der Waals surface area contributed by atoms with Crippen LogP contribution in [0.2, 0.25) is 5.02 Å². The molecule has 1 aromatic carbocycles. The molecule has 28 heavy (non-hydrogen) atoms. The Morgan fingerprint density at radius 1 is 1.29 bits per heavy atom. The van der Waals surface area contributed by atoms with Gasteiger partial charge >= 0.3 is 6.09 Å². The zero-order valence-electron chi connectivity index (χ0n) is 16.7. The van der Waals surface area contributed by atoms with Crippen molar-refractivity contribution in [3.63, 3.8) is 0 Å². The van der Waals surface area contributed by atoms with Crippen LogP contribution in [0.4, 0.5) is 4.79 Å². The van der Waals surface area contributed by atoms with Crippen LogP contribution in [0.3, 0.4) is 0 Å². The van der Waals surface area contributed by atoms with E-state index < -0.39 is 0 Å². The van der Waals surface area contributed by atoms with Crippen molar-refractivity contribution in [1.29, 1.82) is 0 Å². The molecule has 1 unspecified atom stereocenters. The minimum atomic E-state index is -0.146. The Kier molecular flexibility index (Phi) is 7.21. The second-order valence-corrected chi connectivity index (χ2v) is 7.76. The van der Waals surface area contributed by atoms with Gasteiger partial charge in [-0.15, -0.1) is 0 Å². The normalized spacial score (nSPS) is 20.2. The van der Waals surface area contributed by atoms with E-state index in [1.807, 2.05) is 25.3 Å². The summed E-state index contributed by atoms with van der Waals surface area (Å²) in [6.07, 6.45) is 12.9. The Hall–Kier alpha value is -2.20. The molecule has 4 nitrogen and oxygen atoms in total. The van der Waals surface area contributed by atoms with Crippen LogP contribution in [0.25, 0.3) is 6.08 Å². The first-order valence-electron chi connectivity index (χ1n) is 10.1. The molecule has 0 aromatic heterocycles. The van der Waals surface area contributed by atoms with E-state index in [4.69, 9.17) is 16.3 Å². The van der Waals surface area contributed by atoms with Crippen molar-refractivity contribution in [2.24, 2.45) is 0 Å². The fourth-order valence-corrected chi connectivity index (χ4v) is 4.00. The summed E-state index contributed by atoms with van der Waals surface area (Å²) in [6, 6.07) is 6.53. The number of ether oxygens (including phenoxy) is 1. The van der Waals surface area contributed by atoms with Crippen LogP contribution >= 0.6 is 11.6 Å². The van der Waals surface area contributed by atoms with Crippen LogP contribution in [0.15, 0.2) is 47.7 Å². The lowest BCUT2D eigenvalue weighted by Gasteiger charge is -2.25. The van der Waals surface area contributed by atoms with Gasteiger partial charge in [0.05, 0.1) is 12.6 Å². The van der Waals surface area contributed by atoms with E-state index in [0.29, 0.717) is 12.6 Å². The average molecular weight is 401 g/mol. The lowest BCUT2D eigenvalue weighted by atomic mass is 9.95. The average Bonchev–Trinajstić information content (AvgIpc) is 2.85. The van der Waals surface area contributed by atoms with Crippen LogP contribution in [0.5, 0.6) is 0 Å². The van der Waals surface area contributed by atoms with E-state index >= 15 is 0 Å². The SMILES string of the molecule is CC1=Cc2cc(Cl)ccc2CC2NC=CC=C12.CCOC(=O)N1CCCCC1. The topological polar surface area (TPSA) is 41.6 Å². The number of allylic oxidation sites excluding steroid dienone is 2. The fourth-order valence-electron chi connectivity index (χ4n) is 3.82. The van der Waals surface area contributed by atoms with Gasteiger partial charge in [0.25, 0.3) is 0 Å². The van der Waals surface area contributed by atoms with Crippen LogP contribution in [-0.2, 0) is 11.2 Å². The molecule has 5 heteroatoms. The molecular formula is C23H29ClN2O2. The molecule has 0 bridgehead atoms. The van der Waals surface area contributed by atoms with Gasteiger partial charge in [0.2, 0.25) is 0 Å². The smallest absolute Gasteiger partial charge is 0.409 e. The number of carbonyl (C=O) groups excluding carboxylic acids is 1. The number of hydrogen-bond donors (Lipinski definition) is 1. The first-order valence-corrected chi connectivity index (χ1v) is 10.5. The number of benzene rings is 1. The lowest BCUT2D eigenvalue weighted by molar-refractivity contribution is 0.0997. The molecule has 0 saturated carbocycles. The van der Waals surface area contributed by atoms with E-state index in [9.17, 15) is 4.79 Å². The number of halogens is 1. The van der Waals surface area contributed by atoms with Gasteiger partial charge in [-0.1, -0.05) is 29.8 Å². The van der Waals surface area contributed by atoms with Crippen molar-refractivity contribution in [2.75, 3.05) is 19.7 Å². The molecular weight excluding hydrogens is 372 g/mol. The summed E-state index contributed by atoms with van der Waals surface area (Å²) >= 11 is 6.06. The maximum Gasteiger partial charge on any atom is 0.409 e. The highest BCUT2D eigenvalue weighted by atomic mass is 35.5. The van der Waals surface area contributed by atoms with Crippen LogP contribution in [-0.4, -0.2) is 36.7 Å². The third-order valence-electron chi connectivity index (χ3n) is 5.29. The Morgan fingerprint density at radius 2 is 2.07 bits per heavy atom. The Labute approximate surface area is 172 Å². The summed E-state index contributed by atoms with van der Waals surface area (Å²) in [4.78, 5) is 12.9. The fraction of sp³-hybridized carbons (Fsp3) is 0.435. The van der Waals surface area contributed by atoms with E-state index in [0.717, 1.165) is 37.4 Å². The zero-order valence-corrected chi connectivity index (χ0v) is 17.5. The number of piperidine rings is 1. The third-order valence-corrected chi connectivity index (χ3v) is 5.52. The monoisotopic (exact) mass is 400 g/mol. The first-order chi connectivity index (χ1) is 13.6. The molecule has 1 fully saturated rings. The molecule has 0 spiro atoms. The predicted molar refractivity (Wildman–Crippen MR) is 115 cm³/mol. The highest BCUT2D eigenvalue weighted by Gasteiger charge is 2.21. The van der Waals surface area contributed by atoms with Gasteiger partial charge in [0, 0.05) is 18.1 Å². The highest BCUT2D eigenvalue weighted by molar-refractivity contribution is 6.30. The molecule has 3 aliphatic rings. The Bertz CT molecular complexity index is 792. The number of nitrogens with zero attached hydrogens (tertiary/aromatic N) is 1. The van der Waals surface area contributed by atoms with Crippen LogP contribution < -0.4 is 5.32 Å². The number of amides is 1. The van der Waals surface area contributed by atoms with Gasteiger partial charge in [-0.3, -0.25) is 0 Å². The maximum atomic E-state index is 11.1. The van der Waals surface area contributed by atoms with Gasteiger partial charge in [0.1, 0.15) is 0 Å². The number of rotatable bonds is 1. The van der Waals surface area contributed by atoms with Crippen LogP contribution in [0, 0.1) is 0 Å². The van der Waals surface area contributed by atoms with Crippen LogP contribution in [0.1, 0.15) is 44.2 Å². The van der Waals surface area contributed by atoms with E-state index in [1.54, 1.807) is 4.90 Å². The summed E-state index contributed by atoms with van der Waals surface area (Å²) in [5.41, 5.74) is 5.28. The van der Waals surface area contributed by atoms with E-state index in [2.05, 4.69) is 36.5 Å². The number of likely N-dealkylation sites (tertiary alicyclic amines) is 1. The van der Waals surface area contributed by atoms with Gasteiger partial charge < -0.3 is 15.0 Å². The Balaban J connectivity index is 0.000000178. The molecule has 1 aromatic rings.